The number of sulfonamides is 1. The highest BCUT2D eigenvalue weighted by atomic mass is 32.2. The smallest absolute Gasteiger partial charge is 0.264 e. The molecule has 1 aliphatic heterocycles. The van der Waals surface area contributed by atoms with E-state index in [4.69, 9.17) is 0 Å². The van der Waals surface area contributed by atoms with Crippen LogP contribution in [0, 0.1) is 5.82 Å². The van der Waals surface area contributed by atoms with Crippen molar-refractivity contribution >= 4 is 27.3 Å². The SMILES string of the molecule is CC(=O)N1CCCc2cc(NS(=O)(=O)c3ccccc3F)ccc21. The summed E-state index contributed by atoms with van der Waals surface area (Å²) in [5.41, 5.74) is 2.04. The Labute approximate surface area is 140 Å². The molecule has 126 valence electrons. The minimum Gasteiger partial charge on any atom is -0.312 e. The van der Waals surface area contributed by atoms with E-state index >= 15 is 0 Å². The number of halogens is 1. The molecular weight excluding hydrogens is 331 g/mol. The molecule has 5 nitrogen and oxygen atoms in total. The zero-order valence-corrected chi connectivity index (χ0v) is 13.9. The summed E-state index contributed by atoms with van der Waals surface area (Å²) in [6.07, 6.45) is 1.57. The molecule has 0 spiro atoms. The van der Waals surface area contributed by atoms with E-state index in [0.717, 1.165) is 30.2 Å². The number of nitrogens with one attached hydrogen (secondary N) is 1. The van der Waals surface area contributed by atoms with Crippen molar-refractivity contribution in [3.63, 3.8) is 0 Å². The van der Waals surface area contributed by atoms with Crippen LogP contribution < -0.4 is 9.62 Å². The van der Waals surface area contributed by atoms with Crippen molar-refractivity contribution in [3.8, 4) is 0 Å². The maximum Gasteiger partial charge on any atom is 0.264 e. The number of benzene rings is 2. The van der Waals surface area contributed by atoms with E-state index < -0.39 is 20.7 Å². The number of fused-ring (bicyclic) bond motifs is 1. The molecule has 0 radical (unpaired) electrons. The van der Waals surface area contributed by atoms with Crippen LogP contribution in [0.1, 0.15) is 18.9 Å². The lowest BCUT2D eigenvalue weighted by Crippen LogP contribution is -2.33. The summed E-state index contributed by atoms with van der Waals surface area (Å²) in [5.74, 6) is -0.846. The molecule has 0 saturated heterocycles. The first-order valence-corrected chi connectivity index (χ1v) is 9.05. The van der Waals surface area contributed by atoms with Crippen molar-refractivity contribution in [2.24, 2.45) is 0 Å². The molecule has 7 heteroatoms. The molecule has 0 saturated carbocycles. The van der Waals surface area contributed by atoms with Crippen molar-refractivity contribution in [2.45, 2.75) is 24.7 Å². The van der Waals surface area contributed by atoms with E-state index in [-0.39, 0.29) is 5.91 Å². The lowest BCUT2D eigenvalue weighted by Gasteiger charge is -2.29. The van der Waals surface area contributed by atoms with Crippen molar-refractivity contribution in [1.29, 1.82) is 0 Å². The van der Waals surface area contributed by atoms with Gasteiger partial charge in [-0.2, -0.15) is 0 Å². The number of rotatable bonds is 3. The average molecular weight is 348 g/mol. The molecule has 1 heterocycles. The second kappa shape index (κ2) is 6.24. The number of amides is 1. The predicted octanol–water partition coefficient (Wildman–Crippen LogP) is 2.93. The third-order valence-electron chi connectivity index (χ3n) is 3.96. The molecular formula is C17H17FN2O3S. The number of anilines is 2. The third kappa shape index (κ3) is 3.12. The molecule has 2 aromatic rings. The normalized spacial score (nSPS) is 14.2. The fourth-order valence-corrected chi connectivity index (χ4v) is 3.99. The van der Waals surface area contributed by atoms with Crippen LogP contribution in [0.4, 0.5) is 15.8 Å². The molecule has 0 aromatic heterocycles. The predicted molar refractivity (Wildman–Crippen MR) is 90.0 cm³/mol. The zero-order chi connectivity index (χ0) is 17.3. The monoisotopic (exact) mass is 348 g/mol. The second-order valence-electron chi connectivity index (χ2n) is 5.65. The number of carbonyl (C=O) groups is 1. The van der Waals surface area contributed by atoms with E-state index in [1.54, 1.807) is 23.1 Å². The highest BCUT2D eigenvalue weighted by Crippen LogP contribution is 2.30. The van der Waals surface area contributed by atoms with Gasteiger partial charge in [-0.3, -0.25) is 9.52 Å². The van der Waals surface area contributed by atoms with Crippen LogP contribution in [-0.4, -0.2) is 20.9 Å². The van der Waals surface area contributed by atoms with Crippen molar-refractivity contribution in [3.05, 3.63) is 53.8 Å². The number of aryl methyl sites for hydroxylation is 1. The Morgan fingerprint density at radius 2 is 1.96 bits per heavy atom. The van der Waals surface area contributed by atoms with Gasteiger partial charge in [-0.05, 0) is 48.7 Å². The van der Waals surface area contributed by atoms with E-state index in [9.17, 15) is 17.6 Å². The topological polar surface area (TPSA) is 66.5 Å². The Kier molecular flexibility index (Phi) is 4.28. The summed E-state index contributed by atoms with van der Waals surface area (Å²) in [5, 5.41) is 0. The Morgan fingerprint density at radius 3 is 2.67 bits per heavy atom. The van der Waals surface area contributed by atoms with Gasteiger partial charge in [-0.25, -0.2) is 12.8 Å². The lowest BCUT2D eigenvalue weighted by atomic mass is 10.0. The van der Waals surface area contributed by atoms with E-state index in [2.05, 4.69) is 4.72 Å². The van der Waals surface area contributed by atoms with Gasteiger partial charge >= 0.3 is 0 Å². The zero-order valence-electron chi connectivity index (χ0n) is 13.1. The van der Waals surface area contributed by atoms with Gasteiger partial charge in [0.05, 0.1) is 0 Å². The number of carbonyl (C=O) groups excluding carboxylic acids is 1. The maximum atomic E-state index is 13.7. The Hall–Kier alpha value is -2.41. The first-order chi connectivity index (χ1) is 11.4. The maximum absolute atomic E-state index is 13.7. The van der Waals surface area contributed by atoms with Gasteiger partial charge in [0.1, 0.15) is 10.7 Å². The first-order valence-electron chi connectivity index (χ1n) is 7.57. The molecule has 1 aliphatic rings. The molecule has 0 atom stereocenters. The van der Waals surface area contributed by atoms with E-state index in [0.29, 0.717) is 12.2 Å². The van der Waals surface area contributed by atoms with Gasteiger partial charge in [0.2, 0.25) is 5.91 Å². The molecule has 1 N–H and O–H groups in total. The van der Waals surface area contributed by atoms with Gasteiger partial charge in [0, 0.05) is 24.8 Å². The summed E-state index contributed by atoms with van der Waals surface area (Å²) in [4.78, 5) is 12.9. The highest BCUT2D eigenvalue weighted by molar-refractivity contribution is 7.92. The van der Waals surface area contributed by atoms with E-state index in [1.165, 1.54) is 25.1 Å². The molecule has 0 unspecified atom stereocenters. The van der Waals surface area contributed by atoms with Crippen LogP contribution >= 0.6 is 0 Å². The molecule has 0 bridgehead atoms. The Balaban J connectivity index is 1.92. The summed E-state index contributed by atoms with van der Waals surface area (Å²) < 4.78 is 40.8. The van der Waals surface area contributed by atoms with Crippen molar-refractivity contribution in [1.82, 2.24) is 0 Å². The Morgan fingerprint density at radius 1 is 1.21 bits per heavy atom. The standard InChI is InChI=1S/C17H17FN2O3S/c1-12(21)20-10-4-5-13-11-14(8-9-16(13)20)19-24(22,23)17-7-3-2-6-15(17)18/h2-3,6-9,11,19H,4-5,10H2,1H3. The minimum atomic E-state index is -4.01. The number of nitrogens with zero attached hydrogens (tertiary/aromatic N) is 1. The second-order valence-corrected chi connectivity index (χ2v) is 7.30. The van der Waals surface area contributed by atoms with Gasteiger partial charge in [0.25, 0.3) is 10.0 Å². The fourth-order valence-electron chi connectivity index (χ4n) is 2.86. The van der Waals surface area contributed by atoms with Crippen LogP contribution in [-0.2, 0) is 21.2 Å². The molecule has 0 fully saturated rings. The average Bonchev–Trinajstić information content (AvgIpc) is 2.53. The first kappa shape index (κ1) is 16.4. The van der Waals surface area contributed by atoms with Crippen LogP contribution in [0.3, 0.4) is 0 Å². The summed E-state index contributed by atoms with van der Waals surface area (Å²) in [6.45, 7) is 2.16. The van der Waals surface area contributed by atoms with Gasteiger partial charge in [-0.15, -0.1) is 0 Å². The largest absolute Gasteiger partial charge is 0.312 e. The molecule has 3 rings (SSSR count). The van der Waals surface area contributed by atoms with Crippen LogP contribution in [0.5, 0.6) is 0 Å². The Bertz CT molecular complexity index is 896. The molecule has 0 aliphatic carbocycles. The van der Waals surface area contributed by atoms with Crippen molar-refractivity contribution < 1.29 is 17.6 Å². The van der Waals surface area contributed by atoms with Crippen LogP contribution in [0.15, 0.2) is 47.4 Å². The summed E-state index contributed by atoms with van der Waals surface area (Å²) in [6, 6.07) is 10.2. The third-order valence-corrected chi connectivity index (χ3v) is 5.37. The lowest BCUT2D eigenvalue weighted by molar-refractivity contribution is -0.116. The minimum absolute atomic E-state index is 0.0457. The van der Waals surface area contributed by atoms with E-state index in [1.807, 2.05) is 0 Å². The summed E-state index contributed by atoms with van der Waals surface area (Å²) in [7, 11) is -4.01. The van der Waals surface area contributed by atoms with Crippen LogP contribution in [0.2, 0.25) is 0 Å². The quantitative estimate of drug-likeness (QED) is 0.927. The van der Waals surface area contributed by atoms with Crippen molar-refractivity contribution in [2.75, 3.05) is 16.2 Å². The fraction of sp³-hybridized carbons (Fsp3) is 0.235. The van der Waals surface area contributed by atoms with Crippen LogP contribution in [0.25, 0.3) is 0 Å². The summed E-state index contributed by atoms with van der Waals surface area (Å²) >= 11 is 0. The number of hydrogen-bond donors (Lipinski definition) is 1. The molecule has 2 aromatic carbocycles. The van der Waals surface area contributed by atoms with Gasteiger partial charge in [-0.1, -0.05) is 12.1 Å². The van der Waals surface area contributed by atoms with Gasteiger partial charge < -0.3 is 4.90 Å². The number of hydrogen-bond acceptors (Lipinski definition) is 3. The molecule has 24 heavy (non-hydrogen) atoms. The van der Waals surface area contributed by atoms with Gasteiger partial charge in [0.15, 0.2) is 0 Å². The highest BCUT2D eigenvalue weighted by Gasteiger charge is 2.22. The molecule has 1 amide bonds.